The largest absolute Gasteiger partial charge is 0.310 e. The Labute approximate surface area is 149 Å². The number of aromatic amines is 2. The summed E-state index contributed by atoms with van der Waals surface area (Å²) in [7, 11) is 0. The Morgan fingerprint density at radius 1 is 1.28 bits per heavy atom. The zero-order valence-electron chi connectivity index (χ0n) is 13.8. The van der Waals surface area contributed by atoms with Crippen LogP contribution in [0.25, 0.3) is 11.3 Å². The van der Waals surface area contributed by atoms with Gasteiger partial charge in [0.2, 0.25) is 0 Å². The monoisotopic (exact) mass is 355 g/mol. The molecule has 0 amide bonds. The van der Waals surface area contributed by atoms with E-state index in [4.69, 9.17) is 11.6 Å². The van der Waals surface area contributed by atoms with Gasteiger partial charge in [0.05, 0.1) is 23.1 Å². The van der Waals surface area contributed by atoms with Crippen LogP contribution in [0.5, 0.6) is 0 Å². The van der Waals surface area contributed by atoms with E-state index in [1.54, 1.807) is 0 Å². The van der Waals surface area contributed by atoms with Gasteiger partial charge in [-0.1, -0.05) is 23.7 Å². The molecule has 128 valence electrons. The summed E-state index contributed by atoms with van der Waals surface area (Å²) < 4.78 is 0. The van der Waals surface area contributed by atoms with Crippen LogP contribution in [0.2, 0.25) is 5.02 Å². The van der Waals surface area contributed by atoms with Gasteiger partial charge in [0, 0.05) is 36.6 Å². The molecule has 1 aliphatic rings. The lowest BCUT2D eigenvalue weighted by Gasteiger charge is -2.27. The van der Waals surface area contributed by atoms with E-state index >= 15 is 0 Å². The van der Waals surface area contributed by atoms with Gasteiger partial charge in [0.15, 0.2) is 0 Å². The number of aryl methyl sites for hydroxylation is 1. The summed E-state index contributed by atoms with van der Waals surface area (Å²) >= 11 is 5.97. The Bertz CT molecular complexity index is 960. The molecule has 25 heavy (non-hydrogen) atoms. The van der Waals surface area contributed by atoms with Crippen LogP contribution < -0.4 is 5.56 Å². The number of aromatic nitrogens is 4. The maximum absolute atomic E-state index is 12.2. The van der Waals surface area contributed by atoms with Crippen LogP contribution in [0.3, 0.4) is 0 Å². The number of nitrogens with zero attached hydrogens (tertiary/aromatic N) is 3. The summed E-state index contributed by atoms with van der Waals surface area (Å²) in [5, 5.41) is 7.97. The first-order valence-electron chi connectivity index (χ1n) is 8.19. The van der Waals surface area contributed by atoms with Gasteiger partial charge >= 0.3 is 0 Å². The summed E-state index contributed by atoms with van der Waals surface area (Å²) in [5.41, 5.74) is 4.79. The van der Waals surface area contributed by atoms with Crippen LogP contribution in [0.4, 0.5) is 0 Å². The number of hydrogen-bond donors (Lipinski definition) is 2. The molecule has 7 heteroatoms. The van der Waals surface area contributed by atoms with E-state index in [1.165, 1.54) is 0 Å². The lowest BCUT2D eigenvalue weighted by atomic mass is 10.0. The first kappa shape index (κ1) is 16.1. The van der Waals surface area contributed by atoms with Crippen LogP contribution in [-0.4, -0.2) is 31.6 Å². The van der Waals surface area contributed by atoms with E-state index in [1.807, 2.05) is 37.4 Å². The number of nitrogens with one attached hydrogen (secondary N) is 2. The number of rotatable bonds is 3. The third-order valence-corrected chi connectivity index (χ3v) is 4.76. The van der Waals surface area contributed by atoms with Crippen molar-refractivity contribution in [2.45, 2.75) is 26.4 Å². The molecule has 0 bridgehead atoms. The molecule has 3 aromatic rings. The molecule has 0 fully saturated rings. The third-order valence-electron chi connectivity index (χ3n) is 4.51. The number of benzene rings is 1. The molecule has 2 aromatic heterocycles. The molecule has 0 radical (unpaired) electrons. The van der Waals surface area contributed by atoms with Crippen molar-refractivity contribution in [3.05, 3.63) is 68.5 Å². The highest BCUT2D eigenvalue weighted by Gasteiger charge is 2.22. The molecular formula is C18H18ClN5O. The highest BCUT2D eigenvalue weighted by molar-refractivity contribution is 6.30. The predicted octanol–water partition coefficient (Wildman–Crippen LogP) is 2.68. The average molecular weight is 356 g/mol. The van der Waals surface area contributed by atoms with Gasteiger partial charge in [-0.25, -0.2) is 4.98 Å². The van der Waals surface area contributed by atoms with Gasteiger partial charge in [-0.05, 0) is 24.6 Å². The van der Waals surface area contributed by atoms with Gasteiger partial charge in [-0.3, -0.25) is 14.8 Å². The van der Waals surface area contributed by atoms with Crippen LogP contribution in [0, 0.1) is 6.92 Å². The van der Waals surface area contributed by atoms with Crippen molar-refractivity contribution in [1.29, 1.82) is 0 Å². The summed E-state index contributed by atoms with van der Waals surface area (Å²) in [6.45, 7) is 4.01. The molecule has 2 N–H and O–H groups in total. The molecule has 3 heterocycles. The molecular weight excluding hydrogens is 338 g/mol. The highest BCUT2D eigenvalue weighted by atomic mass is 35.5. The molecule has 6 nitrogen and oxygen atoms in total. The summed E-state index contributed by atoms with van der Waals surface area (Å²) in [6.07, 6.45) is 2.63. The van der Waals surface area contributed by atoms with E-state index in [2.05, 4.69) is 25.1 Å². The van der Waals surface area contributed by atoms with E-state index in [0.29, 0.717) is 17.4 Å². The Kier molecular flexibility index (Phi) is 4.15. The minimum Gasteiger partial charge on any atom is -0.310 e. The first-order chi connectivity index (χ1) is 12.1. The van der Waals surface area contributed by atoms with E-state index in [9.17, 15) is 4.79 Å². The summed E-state index contributed by atoms with van der Waals surface area (Å²) in [6, 6.07) is 7.68. The topological polar surface area (TPSA) is 77.7 Å². The second-order valence-corrected chi connectivity index (χ2v) is 6.75. The van der Waals surface area contributed by atoms with Crippen molar-refractivity contribution in [3.63, 3.8) is 0 Å². The molecule has 0 aliphatic carbocycles. The third kappa shape index (κ3) is 3.23. The summed E-state index contributed by atoms with van der Waals surface area (Å²) in [4.78, 5) is 21.7. The van der Waals surface area contributed by atoms with Crippen molar-refractivity contribution in [1.82, 2.24) is 25.1 Å². The van der Waals surface area contributed by atoms with Gasteiger partial charge in [-0.15, -0.1) is 0 Å². The molecule has 0 saturated carbocycles. The van der Waals surface area contributed by atoms with Gasteiger partial charge < -0.3 is 4.98 Å². The predicted molar refractivity (Wildman–Crippen MR) is 96.4 cm³/mol. The lowest BCUT2D eigenvalue weighted by Crippen LogP contribution is -2.35. The number of fused-ring (bicyclic) bond motifs is 1. The number of H-pyrrole nitrogens is 2. The number of hydrogen-bond acceptors (Lipinski definition) is 4. The fraction of sp³-hybridized carbons (Fsp3) is 0.278. The van der Waals surface area contributed by atoms with Gasteiger partial charge in [0.25, 0.3) is 5.56 Å². The minimum atomic E-state index is -0.0303. The fourth-order valence-electron chi connectivity index (χ4n) is 3.28. The second kappa shape index (κ2) is 6.46. The Morgan fingerprint density at radius 2 is 2.08 bits per heavy atom. The average Bonchev–Trinajstić information content (AvgIpc) is 3.04. The maximum atomic E-state index is 12.2. The molecule has 0 atom stereocenters. The van der Waals surface area contributed by atoms with E-state index < -0.39 is 0 Å². The molecule has 0 unspecified atom stereocenters. The minimum absolute atomic E-state index is 0.0303. The zero-order chi connectivity index (χ0) is 17.4. The molecule has 4 rings (SSSR count). The molecule has 1 aliphatic heterocycles. The van der Waals surface area contributed by atoms with Crippen molar-refractivity contribution >= 4 is 11.6 Å². The Morgan fingerprint density at radius 3 is 2.88 bits per heavy atom. The van der Waals surface area contributed by atoms with E-state index in [0.717, 1.165) is 47.6 Å². The van der Waals surface area contributed by atoms with Crippen LogP contribution in [0.15, 0.2) is 35.3 Å². The zero-order valence-corrected chi connectivity index (χ0v) is 14.6. The van der Waals surface area contributed by atoms with Crippen LogP contribution >= 0.6 is 11.6 Å². The normalized spacial score (nSPS) is 14.5. The number of halogens is 1. The lowest BCUT2D eigenvalue weighted by molar-refractivity contribution is 0.242. The maximum Gasteiger partial charge on any atom is 0.255 e. The van der Waals surface area contributed by atoms with Crippen molar-refractivity contribution in [2.75, 3.05) is 6.54 Å². The SMILES string of the molecule is Cc1nc2c(c(=O)[nH]1)CN(Cc1cn[nH]c1-c1ccc(Cl)cc1)CC2. The van der Waals surface area contributed by atoms with Gasteiger partial charge in [-0.2, -0.15) is 5.10 Å². The first-order valence-corrected chi connectivity index (χ1v) is 8.57. The van der Waals surface area contributed by atoms with Crippen LogP contribution in [0.1, 0.15) is 22.6 Å². The highest BCUT2D eigenvalue weighted by Crippen LogP contribution is 2.25. The second-order valence-electron chi connectivity index (χ2n) is 6.31. The fourth-order valence-corrected chi connectivity index (χ4v) is 3.40. The van der Waals surface area contributed by atoms with Crippen molar-refractivity contribution in [2.24, 2.45) is 0 Å². The van der Waals surface area contributed by atoms with Crippen LogP contribution in [-0.2, 0) is 19.5 Å². The van der Waals surface area contributed by atoms with E-state index in [-0.39, 0.29) is 5.56 Å². The smallest absolute Gasteiger partial charge is 0.255 e. The molecule has 1 aromatic carbocycles. The molecule has 0 spiro atoms. The summed E-state index contributed by atoms with van der Waals surface area (Å²) in [5.74, 6) is 0.678. The Hall–Kier alpha value is -2.44. The molecule has 0 saturated heterocycles. The van der Waals surface area contributed by atoms with Crippen molar-refractivity contribution in [3.8, 4) is 11.3 Å². The van der Waals surface area contributed by atoms with Crippen molar-refractivity contribution < 1.29 is 0 Å². The quantitative estimate of drug-likeness (QED) is 0.757. The Balaban J connectivity index is 1.57. The van der Waals surface area contributed by atoms with Gasteiger partial charge in [0.1, 0.15) is 5.82 Å². The standard InChI is InChI=1S/C18H18ClN5O/c1-11-21-16-6-7-24(10-15(16)18(25)22-11)9-13-8-20-23-17(13)12-2-4-14(19)5-3-12/h2-5,8H,6-7,9-10H2,1H3,(H,20,23)(H,21,22,25).